The van der Waals surface area contributed by atoms with Crippen molar-refractivity contribution >= 4 is 0 Å². The lowest BCUT2D eigenvalue weighted by Crippen LogP contribution is -2.39. The summed E-state index contributed by atoms with van der Waals surface area (Å²) in [5, 5.41) is 0. The van der Waals surface area contributed by atoms with Crippen molar-refractivity contribution in [1.82, 2.24) is 4.90 Å². The predicted molar refractivity (Wildman–Crippen MR) is 79.2 cm³/mol. The van der Waals surface area contributed by atoms with Gasteiger partial charge in [0.2, 0.25) is 0 Å². The molecule has 0 aliphatic carbocycles. The van der Waals surface area contributed by atoms with Gasteiger partial charge in [0.1, 0.15) is 13.2 Å². The van der Waals surface area contributed by atoms with Crippen molar-refractivity contribution in [2.45, 2.75) is 25.8 Å². The second-order valence-electron chi connectivity index (χ2n) is 5.87. The SMILES string of the molecule is CC1CCN(C(CN)c2ccc3c(c2)OCCO3)CC1. The third-order valence-corrected chi connectivity index (χ3v) is 4.43. The summed E-state index contributed by atoms with van der Waals surface area (Å²) in [6.07, 6.45) is 2.53. The van der Waals surface area contributed by atoms with Crippen molar-refractivity contribution in [3.63, 3.8) is 0 Å². The number of nitrogens with zero attached hydrogens (tertiary/aromatic N) is 1. The van der Waals surface area contributed by atoms with E-state index in [0.29, 0.717) is 25.8 Å². The zero-order valence-electron chi connectivity index (χ0n) is 12.2. The molecule has 2 aliphatic rings. The van der Waals surface area contributed by atoms with Gasteiger partial charge in [-0.2, -0.15) is 0 Å². The van der Waals surface area contributed by atoms with Crippen LogP contribution < -0.4 is 15.2 Å². The minimum atomic E-state index is 0.290. The third kappa shape index (κ3) is 2.76. The molecule has 0 amide bonds. The van der Waals surface area contributed by atoms with Gasteiger partial charge in [0.25, 0.3) is 0 Å². The van der Waals surface area contributed by atoms with E-state index >= 15 is 0 Å². The normalized spacial score (nSPS) is 21.7. The molecule has 0 bridgehead atoms. The second-order valence-corrected chi connectivity index (χ2v) is 5.87. The fraction of sp³-hybridized carbons (Fsp3) is 0.625. The number of likely N-dealkylation sites (tertiary alicyclic amines) is 1. The third-order valence-electron chi connectivity index (χ3n) is 4.43. The van der Waals surface area contributed by atoms with E-state index in [1.807, 2.05) is 6.07 Å². The lowest BCUT2D eigenvalue weighted by molar-refractivity contribution is 0.139. The molecule has 1 unspecified atom stereocenters. The van der Waals surface area contributed by atoms with Crippen LogP contribution in [0.4, 0.5) is 0 Å². The highest BCUT2D eigenvalue weighted by molar-refractivity contribution is 5.44. The van der Waals surface area contributed by atoms with Crippen LogP contribution in [0.1, 0.15) is 31.4 Å². The first-order valence-corrected chi connectivity index (χ1v) is 7.61. The van der Waals surface area contributed by atoms with E-state index < -0.39 is 0 Å². The molecule has 0 aromatic heterocycles. The highest BCUT2D eigenvalue weighted by Gasteiger charge is 2.25. The number of hydrogen-bond donors (Lipinski definition) is 1. The van der Waals surface area contributed by atoms with Crippen LogP contribution in [0, 0.1) is 5.92 Å². The Morgan fingerprint density at radius 3 is 2.60 bits per heavy atom. The van der Waals surface area contributed by atoms with Gasteiger partial charge in [-0.1, -0.05) is 13.0 Å². The summed E-state index contributed by atoms with van der Waals surface area (Å²) in [5.41, 5.74) is 7.27. The molecule has 4 nitrogen and oxygen atoms in total. The van der Waals surface area contributed by atoms with Crippen LogP contribution in [-0.2, 0) is 0 Å². The van der Waals surface area contributed by atoms with Gasteiger partial charge < -0.3 is 15.2 Å². The van der Waals surface area contributed by atoms with Crippen LogP contribution in [0.5, 0.6) is 11.5 Å². The van der Waals surface area contributed by atoms with Gasteiger partial charge in [-0.3, -0.25) is 4.90 Å². The van der Waals surface area contributed by atoms with E-state index in [1.54, 1.807) is 0 Å². The van der Waals surface area contributed by atoms with Gasteiger partial charge in [0.05, 0.1) is 0 Å². The fourth-order valence-corrected chi connectivity index (χ4v) is 3.10. The first-order chi connectivity index (χ1) is 9.78. The Morgan fingerprint density at radius 2 is 1.90 bits per heavy atom. The molecule has 1 saturated heterocycles. The van der Waals surface area contributed by atoms with E-state index in [4.69, 9.17) is 15.2 Å². The Hall–Kier alpha value is -1.26. The molecular weight excluding hydrogens is 252 g/mol. The summed E-state index contributed by atoms with van der Waals surface area (Å²) in [6, 6.07) is 6.53. The fourth-order valence-electron chi connectivity index (χ4n) is 3.10. The van der Waals surface area contributed by atoms with Gasteiger partial charge in [-0.15, -0.1) is 0 Å². The molecule has 0 spiro atoms. The summed E-state index contributed by atoms with van der Waals surface area (Å²) in [4.78, 5) is 2.51. The van der Waals surface area contributed by atoms with Crippen molar-refractivity contribution in [3.8, 4) is 11.5 Å². The number of hydrogen-bond acceptors (Lipinski definition) is 4. The van der Waals surface area contributed by atoms with E-state index in [-0.39, 0.29) is 0 Å². The molecule has 1 aromatic carbocycles. The van der Waals surface area contributed by atoms with Gasteiger partial charge >= 0.3 is 0 Å². The molecule has 110 valence electrons. The van der Waals surface area contributed by atoms with E-state index in [1.165, 1.54) is 18.4 Å². The second kappa shape index (κ2) is 6.02. The zero-order valence-corrected chi connectivity index (χ0v) is 12.2. The van der Waals surface area contributed by atoms with Gasteiger partial charge in [-0.25, -0.2) is 0 Å². The monoisotopic (exact) mass is 276 g/mol. The Kier molecular flexibility index (Phi) is 4.13. The molecular formula is C16H24N2O2. The summed E-state index contributed by atoms with van der Waals surface area (Å²) in [7, 11) is 0. The first-order valence-electron chi connectivity index (χ1n) is 7.61. The number of nitrogens with two attached hydrogens (primary N) is 1. The van der Waals surface area contributed by atoms with Gasteiger partial charge in [0, 0.05) is 12.6 Å². The van der Waals surface area contributed by atoms with E-state index in [2.05, 4.69) is 24.0 Å². The Bertz CT molecular complexity index is 456. The van der Waals surface area contributed by atoms with Crippen molar-refractivity contribution in [2.24, 2.45) is 11.7 Å². The zero-order chi connectivity index (χ0) is 13.9. The summed E-state index contributed by atoms with van der Waals surface area (Å²) in [5.74, 6) is 2.55. The average Bonchev–Trinajstić information content (AvgIpc) is 2.50. The summed E-state index contributed by atoms with van der Waals surface area (Å²) < 4.78 is 11.3. The molecule has 2 N–H and O–H groups in total. The summed E-state index contributed by atoms with van der Waals surface area (Å²) in [6.45, 7) is 6.52. The summed E-state index contributed by atoms with van der Waals surface area (Å²) >= 11 is 0. The number of rotatable bonds is 3. The topological polar surface area (TPSA) is 47.7 Å². The van der Waals surface area contributed by atoms with Crippen molar-refractivity contribution in [3.05, 3.63) is 23.8 Å². The number of piperidine rings is 1. The van der Waals surface area contributed by atoms with Crippen LogP contribution in [-0.4, -0.2) is 37.7 Å². The molecule has 1 fully saturated rings. The maximum Gasteiger partial charge on any atom is 0.161 e. The molecule has 4 heteroatoms. The molecule has 2 aliphatic heterocycles. The molecule has 0 saturated carbocycles. The molecule has 1 aromatic rings. The van der Waals surface area contributed by atoms with Crippen LogP contribution in [0.25, 0.3) is 0 Å². The minimum Gasteiger partial charge on any atom is -0.486 e. The highest BCUT2D eigenvalue weighted by Crippen LogP contribution is 2.34. The quantitative estimate of drug-likeness (QED) is 0.919. The molecule has 20 heavy (non-hydrogen) atoms. The maximum absolute atomic E-state index is 6.03. The lowest BCUT2D eigenvalue weighted by Gasteiger charge is -2.36. The van der Waals surface area contributed by atoms with Crippen molar-refractivity contribution < 1.29 is 9.47 Å². The van der Waals surface area contributed by atoms with Crippen LogP contribution in [0.2, 0.25) is 0 Å². The number of fused-ring (bicyclic) bond motifs is 1. The smallest absolute Gasteiger partial charge is 0.161 e. The molecule has 1 atom stereocenters. The molecule has 0 radical (unpaired) electrons. The molecule has 3 rings (SSSR count). The van der Waals surface area contributed by atoms with Crippen molar-refractivity contribution in [2.75, 3.05) is 32.8 Å². The Labute approximate surface area is 120 Å². The lowest BCUT2D eigenvalue weighted by atomic mass is 9.95. The van der Waals surface area contributed by atoms with Crippen LogP contribution >= 0.6 is 0 Å². The first kappa shape index (κ1) is 13.7. The number of benzene rings is 1. The van der Waals surface area contributed by atoms with Gasteiger partial charge in [0.15, 0.2) is 11.5 Å². The number of ether oxygens (including phenoxy) is 2. The molecule has 2 heterocycles. The van der Waals surface area contributed by atoms with E-state index in [9.17, 15) is 0 Å². The van der Waals surface area contributed by atoms with Crippen molar-refractivity contribution in [1.29, 1.82) is 0 Å². The Balaban J connectivity index is 1.78. The van der Waals surface area contributed by atoms with Crippen LogP contribution in [0.3, 0.4) is 0 Å². The Morgan fingerprint density at radius 1 is 1.20 bits per heavy atom. The minimum absolute atomic E-state index is 0.290. The van der Waals surface area contributed by atoms with Gasteiger partial charge in [-0.05, 0) is 49.5 Å². The maximum atomic E-state index is 6.03. The largest absolute Gasteiger partial charge is 0.486 e. The predicted octanol–water partition coefficient (Wildman–Crippen LogP) is 2.19. The van der Waals surface area contributed by atoms with Crippen LogP contribution in [0.15, 0.2) is 18.2 Å². The highest BCUT2D eigenvalue weighted by atomic mass is 16.6. The van der Waals surface area contributed by atoms with E-state index in [0.717, 1.165) is 30.5 Å². The standard InChI is InChI=1S/C16H24N2O2/c1-12-4-6-18(7-5-12)14(11-17)13-2-3-15-16(10-13)20-9-8-19-15/h2-3,10,12,14H,4-9,11,17H2,1H3. The average molecular weight is 276 g/mol.